The number of rotatable bonds is 3. The number of nitrogens with zero attached hydrogens (tertiary/aromatic N) is 5. The number of likely N-dealkylation sites (tertiary alicyclic amines) is 1. The van der Waals surface area contributed by atoms with E-state index < -0.39 is 15.4 Å². The van der Waals surface area contributed by atoms with Gasteiger partial charge in [0.05, 0.1) is 16.6 Å². The van der Waals surface area contributed by atoms with Crippen LogP contribution in [-0.2, 0) is 10.0 Å². The number of carbonyl (C=O) groups excluding carboxylic acids is 1. The van der Waals surface area contributed by atoms with Gasteiger partial charge in [-0.15, -0.1) is 0 Å². The Morgan fingerprint density at radius 2 is 1.84 bits per heavy atom. The third-order valence-corrected chi connectivity index (χ3v) is 7.90. The highest BCUT2D eigenvalue weighted by atomic mass is 35.5. The first-order valence-corrected chi connectivity index (χ1v) is 11.7. The van der Waals surface area contributed by atoms with Crippen LogP contribution in [0, 0.1) is 12.8 Å². The Kier molecular flexibility index (Phi) is 4.56. The lowest BCUT2D eigenvalue weighted by Gasteiger charge is -2.14. The molecule has 5 rings (SSSR count). The summed E-state index contributed by atoms with van der Waals surface area (Å²) >= 11 is 5.70. The van der Waals surface area contributed by atoms with Crippen LogP contribution in [0.1, 0.15) is 24.1 Å². The Balaban J connectivity index is 1.66. The van der Waals surface area contributed by atoms with E-state index in [1.54, 1.807) is 47.6 Å². The number of amides is 1. The van der Waals surface area contributed by atoms with Gasteiger partial charge in [-0.2, -0.15) is 0 Å². The summed E-state index contributed by atoms with van der Waals surface area (Å²) in [6.45, 7) is 5.03. The van der Waals surface area contributed by atoms with Gasteiger partial charge in [-0.3, -0.25) is 9.20 Å². The Morgan fingerprint density at radius 3 is 2.52 bits per heavy atom. The molecule has 1 aliphatic rings. The number of halogens is 1. The maximum Gasteiger partial charge on any atom is 0.316 e. The average molecular weight is 458 g/mol. The van der Waals surface area contributed by atoms with E-state index in [2.05, 4.69) is 16.9 Å². The number of imidazole rings is 1. The Morgan fingerprint density at radius 1 is 1.10 bits per heavy atom. The van der Waals surface area contributed by atoms with Crippen molar-refractivity contribution in [3.8, 4) is 0 Å². The van der Waals surface area contributed by atoms with Gasteiger partial charge in [0.15, 0.2) is 11.3 Å². The van der Waals surface area contributed by atoms with E-state index >= 15 is 0 Å². The summed E-state index contributed by atoms with van der Waals surface area (Å²) in [7, 11) is -3.80. The predicted octanol–water partition coefficient (Wildman–Crippen LogP) is 3.62. The summed E-state index contributed by atoms with van der Waals surface area (Å²) in [5, 5.41) is -0.467. The molecule has 4 aromatic rings. The number of fused-ring (bicyclic) bond motifs is 3. The number of benzene rings is 1. The van der Waals surface area contributed by atoms with Gasteiger partial charge in [0.2, 0.25) is 0 Å². The number of hydrogen-bond donors (Lipinski definition) is 0. The number of hydrogen-bond acceptors (Lipinski definition) is 5. The second kappa shape index (κ2) is 7.06. The zero-order chi connectivity index (χ0) is 21.9. The number of carbonyl (C=O) groups is 1. The predicted molar refractivity (Wildman–Crippen MR) is 117 cm³/mol. The lowest BCUT2D eigenvalue weighted by atomic mass is 9.95. The maximum atomic E-state index is 13.2. The molecule has 8 nitrogen and oxygen atoms in total. The van der Waals surface area contributed by atoms with Crippen molar-refractivity contribution >= 4 is 43.8 Å². The molecule has 0 N–H and O–H groups in total. The summed E-state index contributed by atoms with van der Waals surface area (Å²) in [6.07, 6.45) is 4.85. The number of aromatic nitrogens is 4. The highest BCUT2D eigenvalue weighted by molar-refractivity contribution is 7.90. The quantitative estimate of drug-likeness (QED) is 0.346. The van der Waals surface area contributed by atoms with Crippen LogP contribution >= 0.6 is 11.6 Å². The van der Waals surface area contributed by atoms with Gasteiger partial charge in [-0.25, -0.2) is 22.4 Å². The Bertz CT molecular complexity index is 1420. The van der Waals surface area contributed by atoms with Crippen LogP contribution < -0.4 is 0 Å². The molecule has 160 valence electrons. The molecule has 2 atom stereocenters. The largest absolute Gasteiger partial charge is 0.328 e. The molecule has 1 saturated heterocycles. The summed E-state index contributed by atoms with van der Waals surface area (Å²) in [4.78, 5) is 22.3. The number of aryl methyl sites for hydroxylation is 1. The van der Waals surface area contributed by atoms with E-state index in [1.165, 1.54) is 10.2 Å². The van der Waals surface area contributed by atoms with Crippen LogP contribution in [0.3, 0.4) is 0 Å². The van der Waals surface area contributed by atoms with E-state index in [-0.39, 0.29) is 16.7 Å². The fraction of sp³-hybridized carbons (Fsp3) is 0.286. The lowest BCUT2D eigenvalue weighted by Crippen LogP contribution is -2.23. The molecular weight excluding hydrogens is 438 g/mol. The molecule has 1 amide bonds. The summed E-state index contributed by atoms with van der Waals surface area (Å²) in [6, 6.07) is 8.45. The van der Waals surface area contributed by atoms with E-state index in [0.717, 1.165) is 11.3 Å². The molecule has 0 spiro atoms. The standard InChI is InChI=1S/C21H20ClN5O3S/c1-13-3-5-15(6-4-13)31(29,30)26-8-7-17-20(26)24-10-19-23-9-18(27(17)19)16-12-25(21(22)28)11-14(16)2/h3-10,14,16H,11-12H2,1-2H3/t14-,16+/m1/s1. The van der Waals surface area contributed by atoms with Crippen molar-refractivity contribution in [2.45, 2.75) is 24.7 Å². The molecule has 31 heavy (non-hydrogen) atoms. The molecule has 3 aromatic heterocycles. The van der Waals surface area contributed by atoms with Crippen molar-refractivity contribution in [1.82, 2.24) is 23.2 Å². The van der Waals surface area contributed by atoms with Crippen LogP contribution in [0.5, 0.6) is 0 Å². The molecule has 0 aliphatic carbocycles. The Hall–Kier alpha value is -2.91. The zero-order valence-electron chi connectivity index (χ0n) is 16.9. The molecular formula is C21H20ClN5O3S. The van der Waals surface area contributed by atoms with Crippen molar-refractivity contribution in [3.05, 3.63) is 60.2 Å². The third-order valence-electron chi connectivity index (χ3n) is 5.98. The van der Waals surface area contributed by atoms with E-state index in [9.17, 15) is 13.2 Å². The molecule has 1 aliphatic heterocycles. The highest BCUT2D eigenvalue weighted by Crippen LogP contribution is 2.34. The smallest absolute Gasteiger partial charge is 0.316 e. The van der Waals surface area contributed by atoms with Gasteiger partial charge >= 0.3 is 5.37 Å². The normalized spacial score (nSPS) is 19.5. The molecule has 1 aromatic carbocycles. The fourth-order valence-electron chi connectivity index (χ4n) is 4.32. The van der Waals surface area contributed by atoms with Crippen molar-refractivity contribution in [1.29, 1.82) is 0 Å². The van der Waals surface area contributed by atoms with Gasteiger partial charge in [0.25, 0.3) is 10.0 Å². The summed E-state index contributed by atoms with van der Waals surface area (Å²) in [5.74, 6) is 0.213. The van der Waals surface area contributed by atoms with Crippen molar-refractivity contribution < 1.29 is 13.2 Å². The second-order valence-corrected chi connectivity index (χ2v) is 10.2. The van der Waals surface area contributed by atoms with Crippen molar-refractivity contribution in [2.75, 3.05) is 13.1 Å². The van der Waals surface area contributed by atoms with E-state index in [4.69, 9.17) is 11.6 Å². The molecule has 0 radical (unpaired) electrons. The van der Waals surface area contributed by atoms with E-state index in [1.807, 2.05) is 11.3 Å². The maximum absolute atomic E-state index is 13.2. The van der Waals surface area contributed by atoms with Crippen molar-refractivity contribution in [2.24, 2.45) is 5.92 Å². The van der Waals surface area contributed by atoms with Gasteiger partial charge in [-0.1, -0.05) is 24.6 Å². The van der Waals surface area contributed by atoms with Gasteiger partial charge < -0.3 is 4.90 Å². The molecule has 0 saturated carbocycles. The minimum Gasteiger partial charge on any atom is -0.328 e. The first-order valence-electron chi connectivity index (χ1n) is 9.87. The average Bonchev–Trinajstić information content (AvgIpc) is 3.43. The topological polar surface area (TPSA) is 89.6 Å². The SMILES string of the molecule is Cc1ccc(S(=O)(=O)n2ccc3c2ncc2ncc([C@H]4CN(C(=O)Cl)C[C@H]4C)n23)cc1. The Labute approximate surface area is 184 Å². The van der Waals surface area contributed by atoms with E-state index in [0.29, 0.717) is 29.9 Å². The minimum absolute atomic E-state index is 0.0281. The molecule has 0 bridgehead atoms. The van der Waals surface area contributed by atoms with Crippen LogP contribution in [0.2, 0.25) is 0 Å². The van der Waals surface area contributed by atoms with Gasteiger partial charge in [0, 0.05) is 37.1 Å². The van der Waals surface area contributed by atoms with Crippen LogP contribution in [0.25, 0.3) is 16.8 Å². The zero-order valence-corrected chi connectivity index (χ0v) is 18.5. The first-order chi connectivity index (χ1) is 14.8. The second-order valence-electron chi connectivity index (χ2n) is 8.02. The first kappa shape index (κ1) is 20.0. The highest BCUT2D eigenvalue weighted by Gasteiger charge is 2.35. The molecule has 10 heteroatoms. The molecule has 4 heterocycles. The van der Waals surface area contributed by atoms with Gasteiger partial charge in [0.1, 0.15) is 0 Å². The van der Waals surface area contributed by atoms with Crippen molar-refractivity contribution in [3.63, 3.8) is 0 Å². The third kappa shape index (κ3) is 3.11. The monoisotopic (exact) mass is 457 g/mol. The van der Waals surface area contributed by atoms with Crippen LogP contribution in [0.15, 0.2) is 53.8 Å². The van der Waals surface area contributed by atoms with Crippen LogP contribution in [0.4, 0.5) is 4.79 Å². The summed E-state index contributed by atoms with van der Waals surface area (Å²) in [5.41, 5.74) is 3.47. The van der Waals surface area contributed by atoms with Gasteiger partial charge in [-0.05, 0) is 42.6 Å². The fourth-order valence-corrected chi connectivity index (χ4v) is 5.76. The lowest BCUT2D eigenvalue weighted by molar-refractivity contribution is 0.230. The van der Waals surface area contributed by atoms with Crippen LogP contribution in [-0.4, -0.2) is 50.1 Å². The minimum atomic E-state index is -3.80. The molecule has 1 fully saturated rings. The summed E-state index contributed by atoms with van der Waals surface area (Å²) < 4.78 is 29.6. The molecule has 0 unspecified atom stereocenters.